The summed E-state index contributed by atoms with van der Waals surface area (Å²) in [6.45, 7) is 8.29. The summed E-state index contributed by atoms with van der Waals surface area (Å²) in [4.78, 5) is 11.2. The van der Waals surface area contributed by atoms with Crippen molar-refractivity contribution >= 4 is 17.9 Å². The summed E-state index contributed by atoms with van der Waals surface area (Å²) in [5, 5.41) is 3.02. The molecule has 5 heteroatoms. The molecule has 0 spiro atoms. The summed E-state index contributed by atoms with van der Waals surface area (Å²) in [6, 6.07) is 0. The zero-order chi connectivity index (χ0) is 13.5. The predicted molar refractivity (Wildman–Crippen MR) is 76.2 cm³/mol. The summed E-state index contributed by atoms with van der Waals surface area (Å²) in [5.41, 5.74) is 0. The molecule has 0 aliphatic carbocycles. The van der Waals surface area contributed by atoms with Crippen molar-refractivity contribution in [3.8, 4) is 0 Å². The van der Waals surface area contributed by atoms with Crippen molar-refractivity contribution in [1.82, 2.24) is 9.62 Å². The first-order valence-corrected chi connectivity index (χ1v) is 7.28. The lowest BCUT2D eigenvalue weighted by Gasteiger charge is -2.14. The molecule has 4 nitrogen and oxygen atoms in total. The van der Waals surface area contributed by atoms with E-state index in [9.17, 15) is 4.79 Å². The average Bonchev–Trinajstić information content (AvgIpc) is 2.38. The predicted octanol–water partition coefficient (Wildman–Crippen LogP) is 2.16. The number of rotatable bonds is 9. The summed E-state index contributed by atoms with van der Waals surface area (Å²) < 4.78 is 7.07. The number of carbonyl (C=O) groups excluding carboxylic acids is 1. The highest BCUT2D eigenvalue weighted by Gasteiger charge is 2.05. The van der Waals surface area contributed by atoms with Crippen LogP contribution in [0.4, 0.5) is 0 Å². The maximum atomic E-state index is 11.2. The van der Waals surface area contributed by atoms with Gasteiger partial charge in [0, 0.05) is 32.4 Å². The number of amides is 1. The van der Waals surface area contributed by atoms with Gasteiger partial charge in [0.2, 0.25) is 5.91 Å². The van der Waals surface area contributed by atoms with E-state index < -0.39 is 0 Å². The molecule has 0 bridgehead atoms. The SMILES string of the molecule is CC.CCC(=O)N(C)SCCCOCCNC. The maximum absolute atomic E-state index is 11.2. The molecular weight excluding hydrogens is 236 g/mol. The molecule has 0 saturated carbocycles. The highest BCUT2D eigenvalue weighted by atomic mass is 32.2. The summed E-state index contributed by atoms with van der Waals surface area (Å²) in [6.07, 6.45) is 1.55. The van der Waals surface area contributed by atoms with E-state index in [0.717, 1.165) is 31.9 Å². The second-order valence-electron chi connectivity index (χ2n) is 3.15. The van der Waals surface area contributed by atoms with Gasteiger partial charge in [0.05, 0.1) is 6.61 Å². The van der Waals surface area contributed by atoms with Gasteiger partial charge < -0.3 is 10.1 Å². The lowest BCUT2D eigenvalue weighted by molar-refractivity contribution is -0.124. The number of nitrogens with zero attached hydrogens (tertiary/aromatic N) is 1. The van der Waals surface area contributed by atoms with Crippen LogP contribution in [0.3, 0.4) is 0 Å². The zero-order valence-corrected chi connectivity index (χ0v) is 12.7. The minimum atomic E-state index is 0.177. The van der Waals surface area contributed by atoms with Crippen LogP contribution in [0.25, 0.3) is 0 Å². The van der Waals surface area contributed by atoms with Crippen LogP contribution < -0.4 is 5.32 Å². The van der Waals surface area contributed by atoms with Crippen LogP contribution >= 0.6 is 11.9 Å². The quantitative estimate of drug-likeness (QED) is 0.512. The number of carbonyl (C=O) groups is 1. The van der Waals surface area contributed by atoms with E-state index >= 15 is 0 Å². The van der Waals surface area contributed by atoms with Gasteiger partial charge in [0.1, 0.15) is 0 Å². The molecule has 0 radical (unpaired) electrons. The molecule has 0 aliphatic heterocycles. The van der Waals surface area contributed by atoms with Crippen molar-refractivity contribution in [2.75, 3.05) is 39.6 Å². The van der Waals surface area contributed by atoms with Crippen molar-refractivity contribution in [1.29, 1.82) is 0 Å². The number of nitrogens with one attached hydrogen (secondary N) is 1. The van der Waals surface area contributed by atoms with Gasteiger partial charge in [-0.05, 0) is 25.4 Å². The van der Waals surface area contributed by atoms with Crippen molar-refractivity contribution in [2.24, 2.45) is 0 Å². The van der Waals surface area contributed by atoms with E-state index in [0.29, 0.717) is 6.42 Å². The van der Waals surface area contributed by atoms with Crippen molar-refractivity contribution < 1.29 is 9.53 Å². The molecule has 0 fully saturated rings. The molecule has 0 aromatic heterocycles. The van der Waals surface area contributed by atoms with E-state index in [1.807, 2.05) is 34.9 Å². The smallest absolute Gasteiger partial charge is 0.231 e. The highest BCUT2D eigenvalue weighted by Crippen LogP contribution is 2.09. The lowest BCUT2D eigenvalue weighted by Crippen LogP contribution is -2.19. The van der Waals surface area contributed by atoms with Gasteiger partial charge in [-0.3, -0.25) is 9.10 Å². The summed E-state index contributed by atoms with van der Waals surface area (Å²) >= 11 is 1.56. The zero-order valence-electron chi connectivity index (χ0n) is 11.9. The summed E-state index contributed by atoms with van der Waals surface area (Å²) in [7, 11) is 3.73. The van der Waals surface area contributed by atoms with E-state index in [4.69, 9.17) is 4.74 Å². The first-order valence-electron chi connectivity index (χ1n) is 6.34. The van der Waals surface area contributed by atoms with Crippen molar-refractivity contribution in [3.05, 3.63) is 0 Å². The highest BCUT2D eigenvalue weighted by molar-refractivity contribution is 7.97. The van der Waals surface area contributed by atoms with Gasteiger partial charge in [0.25, 0.3) is 0 Å². The largest absolute Gasteiger partial charge is 0.380 e. The molecule has 1 amide bonds. The third kappa shape index (κ3) is 13.7. The molecule has 1 N–H and O–H groups in total. The normalized spacial score (nSPS) is 9.47. The standard InChI is InChI=1S/C10H22N2O2S.C2H6/c1-4-10(13)12(3)15-9-5-7-14-8-6-11-2;1-2/h11H,4-9H2,1-3H3;1-2H3. The second kappa shape index (κ2) is 15.7. The third-order valence-electron chi connectivity index (χ3n) is 1.87. The van der Waals surface area contributed by atoms with E-state index in [1.54, 1.807) is 16.3 Å². The van der Waals surface area contributed by atoms with E-state index in [-0.39, 0.29) is 5.91 Å². The van der Waals surface area contributed by atoms with Crippen LogP contribution in [-0.4, -0.2) is 49.8 Å². The fourth-order valence-corrected chi connectivity index (χ4v) is 1.73. The Kier molecular flexibility index (Phi) is 17.7. The molecule has 0 heterocycles. The number of likely N-dealkylation sites (N-methyl/N-ethyl adjacent to an activating group) is 1. The van der Waals surface area contributed by atoms with Crippen LogP contribution in [0.5, 0.6) is 0 Å². The third-order valence-corrected chi connectivity index (χ3v) is 2.93. The number of ether oxygens (including phenoxy) is 1. The molecule has 0 unspecified atom stereocenters. The lowest BCUT2D eigenvalue weighted by atomic mass is 10.5. The Balaban J connectivity index is 0. The van der Waals surface area contributed by atoms with Crippen LogP contribution in [-0.2, 0) is 9.53 Å². The first kappa shape index (κ1) is 19.1. The van der Waals surface area contributed by atoms with Gasteiger partial charge in [-0.25, -0.2) is 0 Å². The van der Waals surface area contributed by atoms with Gasteiger partial charge in [0.15, 0.2) is 0 Å². The van der Waals surface area contributed by atoms with Gasteiger partial charge in [-0.1, -0.05) is 20.8 Å². The fourth-order valence-electron chi connectivity index (χ4n) is 0.933. The van der Waals surface area contributed by atoms with Gasteiger partial charge in [-0.2, -0.15) is 0 Å². The first-order chi connectivity index (χ1) is 8.22. The topological polar surface area (TPSA) is 41.6 Å². The van der Waals surface area contributed by atoms with E-state index in [2.05, 4.69) is 5.32 Å². The van der Waals surface area contributed by atoms with Crippen LogP contribution in [0, 0.1) is 0 Å². The molecule has 0 rings (SSSR count). The monoisotopic (exact) mass is 264 g/mol. The summed E-state index contributed by atoms with van der Waals surface area (Å²) in [5.74, 6) is 1.11. The van der Waals surface area contributed by atoms with Gasteiger partial charge >= 0.3 is 0 Å². The van der Waals surface area contributed by atoms with Crippen molar-refractivity contribution in [2.45, 2.75) is 33.6 Å². The minimum absolute atomic E-state index is 0.177. The molecular formula is C12H28N2O2S. The molecule has 0 saturated heterocycles. The molecule has 0 aromatic rings. The molecule has 17 heavy (non-hydrogen) atoms. The number of hydrogen-bond donors (Lipinski definition) is 1. The Hall–Kier alpha value is -0.260. The minimum Gasteiger partial charge on any atom is -0.380 e. The Bertz CT molecular complexity index is 169. The van der Waals surface area contributed by atoms with Gasteiger partial charge in [-0.15, -0.1) is 0 Å². The number of hydrogen-bond acceptors (Lipinski definition) is 4. The average molecular weight is 264 g/mol. The maximum Gasteiger partial charge on any atom is 0.231 e. The van der Waals surface area contributed by atoms with Crippen LogP contribution in [0.15, 0.2) is 0 Å². The Morgan fingerprint density at radius 2 is 2.00 bits per heavy atom. The van der Waals surface area contributed by atoms with Crippen molar-refractivity contribution in [3.63, 3.8) is 0 Å². The van der Waals surface area contributed by atoms with Crippen LogP contribution in [0.2, 0.25) is 0 Å². The molecule has 0 aliphatic rings. The van der Waals surface area contributed by atoms with E-state index in [1.165, 1.54) is 0 Å². The second-order valence-corrected chi connectivity index (χ2v) is 4.36. The Morgan fingerprint density at radius 3 is 2.53 bits per heavy atom. The molecule has 0 atom stereocenters. The Morgan fingerprint density at radius 1 is 1.35 bits per heavy atom. The molecule has 104 valence electrons. The van der Waals surface area contributed by atoms with Crippen LogP contribution in [0.1, 0.15) is 33.6 Å². The fraction of sp³-hybridized carbons (Fsp3) is 0.917. The Labute approximate surface area is 111 Å². The molecule has 0 aromatic carbocycles.